The lowest BCUT2D eigenvalue weighted by atomic mass is 10.3. The van der Waals surface area contributed by atoms with E-state index in [1.807, 2.05) is 44.4 Å². The average Bonchev–Trinajstić information content (AvgIpc) is 3.09. The van der Waals surface area contributed by atoms with Gasteiger partial charge in [0.2, 0.25) is 0 Å². The molecule has 0 aliphatic heterocycles. The van der Waals surface area contributed by atoms with E-state index >= 15 is 0 Å². The number of nitrogens with zero attached hydrogens (tertiary/aromatic N) is 2. The Morgan fingerprint density at radius 2 is 2.00 bits per heavy atom. The van der Waals surface area contributed by atoms with E-state index in [4.69, 9.17) is 4.74 Å². The Labute approximate surface area is 162 Å². The molecule has 1 N–H and O–H groups in total. The van der Waals surface area contributed by atoms with Crippen LogP contribution in [-0.4, -0.2) is 40.8 Å². The average molecular weight is 394 g/mol. The third-order valence-electron chi connectivity index (χ3n) is 3.57. The molecule has 0 aliphatic carbocycles. The highest BCUT2D eigenvalue weighted by Crippen LogP contribution is 2.19. The van der Waals surface area contributed by atoms with Gasteiger partial charge in [0.1, 0.15) is 5.01 Å². The summed E-state index contributed by atoms with van der Waals surface area (Å²) in [5.41, 5.74) is 1.02. The molecule has 0 saturated heterocycles. The van der Waals surface area contributed by atoms with Crippen molar-refractivity contribution in [3.63, 3.8) is 0 Å². The summed E-state index contributed by atoms with van der Waals surface area (Å²) in [4.78, 5) is 31.5. The summed E-state index contributed by atoms with van der Waals surface area (Å²) in [6, 6.07) is 7.47. The van der Waals surface area contributed by atoms with Gasteiger partial charge in [-0.25, -0.2) is 14.6 Å². The molecule has 140 valence electrons. The SMILES string of the molecule is CCOC(=O)c1csc(CN(C(=O)Nc2ccc(SC)cc2)C(C)C)n1. The Morgan fingerprint density at radius 1 is 1.31 bits per heavy atom. The van der Waals surface area contributed by atoms with Crippen LogP contribution >= 0.6 is 23.1 Å². The Hall–Kier alpha value is -2.06. The van der Waals surface area contributed by atoms with E-state index < -0.39 is 5.97 Å². The minimum absolute atomic E-state index is 0.0181. The fourth-order valence-electron chi connectivity index (χ4n) is 2.19. The zero-order valence-electron chi connectivity index (χ0n) is 15.3. The molecular weight excluding hydrogens is 370 g/mol. The van der Waals surface area contributed by atoms with Crippen molar-refractivity contribution in [1.29, 1.82) is 0 Å². The first-order chi connectivity index (χ1) is 12.4. The van der Waals surface area contributed by atoms with Gasteiger partial charge in [-0.1, -0.05) is 0 Å². The number of urea groups is 1. The summed E-state index contributed by atoms with van der Waals surface area (Å²) in [7, 11) is 0. The van der Waals surface area contributed by atoms with Gasteiger partial charge in [0, 0.05) is 22.0 Å². The van der Waals surface area contributed by atoms with Crippen molar-refractivity contribution in [3.05, 3.63) is 40.3 Å². The monoisotopic (exact) mass is 393 g/mol. The van der Waals surface area contributed by atoms with Crippen LogP contribution in [0.25, 0.3) is 0 Å². The molecule has 0 radical (unpaired) electrons. The highest BCUT2D eigenvalue weighted by molar-refractivity contribution is 7.98. The molecule has 1 aromatic carbocycles. The Morgan fingerprint density at radius 3 is 2.58 bits per heavy atom. The van der Waals surface area contributed by atoms with E-state index in [-0.39, 0.29) is 17.8 Å². The summed E-state index contributed by atoms with van der Waals surface area (Å²) >= 11 is 2.99. The van der Waals surface area contributed by atoms with Crippen LogP contribution in [-0.2, 0) is 11.3 Å². The number of esters is 1. The van der Waals surface area contributed by atoms with Gasteiger partial charge in [0.15, 0.2) is 5.69 Å². The smallest absolute Gasteiger partial charge is 0.357 e. The quantitative estimate of drug-likeness (QED) is 0.554. The second-order valence-corrected chi connectivity index (χ2v) is 7.55. The van der Waals surface area contributed by atoms with Crippen molar-refractivity contribution in [2.24, 2.45) is 0 Å². The van der Waals surface area contributed by atoms with Crippen LogP contribution in [0.5, 0.6) is 0 Å². The minimum atomic E-state index is -0.440. The number of hydrogen-bond acceptors (Lipinski definition) is 6. The number of thiazole rings is 1. The number of thioether (sulfide) groups is 1. The van der Waals surface area contributed by atoms with Crippen LogP contribution in [0, 0.1) is 0 Å². The lowest BCUT2D eigenvalue weighted by molar-refractivity contribution is 0.0520. The molecule has 0 aliphatic rings. The Bertz CT molecular complexity index is 744. The molecule has 26 heavy (non-hydrogen) atoms. The van der Waals surface area contributed by atoms with Crippen LogP contribution in [0.15, 0.2) is 34.5 Å². The number of nitrogens with one attached hydrogen (secondary N) is 1. The van der Waals surface area contributed by atoms with Crippen LogP contribution in [0.2, 0.25) is 0 Å². The van der Waals surface area contributed by atoms with Crippen LogP contribution in [0.3, 0.4) is 0 Å². The van der Waals surface area contributed by atoms with E-state index in [0.717, 1.165) is 10.6 Å². The van der Waals surface area contributed by atoms with Gasteiger partial charge in [-0.15, -0.1) is 23.1 Å². The number of amides is 2. The standard InChI is InChI=1S/C18H23N3O3S2/c1-5-24-17(22)15-11-26-16(20-15)10-21(12(2)3)18(23)19-13-6-8-14(25-4)9-7-13/h6-9,11-12H,5,10H2,1-4H3,(H,19,23). The first-order valence-electron chi connectivity index (χ1n) is 8.27. The molecule has 8 heteroatoms. The van der Waals surface area contributed by atoms with Gasteiger partial charge in [0.25, 0.3) is 0 Å². The maximum atomic E-state index is 12.7. The number of benzene rings is 1. The van der Waals surface area contributed by atoms with Crippen molar-refractivity contribution in [3.8, 4) is 0 Å². The third-order valence-corrected chi connectivity index (χ3v) is 5.14. The molecule has 0 saturated carbocycles. The van der Waals surface area contributed by atoms with Crippen LogP contribution < -0.4 is 5.32 Å². The Kier molecular flexibility index (Phi) is 7.47. The van der Waals surface area contributed by atoms with Gasteiger partial charge in [-0.2, -0.15) is 0 Å². The normalized spacial score (nSPS) is 10.7. The molecule has 2 amide bonds. The lowest BCUT2D eigenvalue weighted by Crippen LogP contribution is -2.39. The van der Waals surface area contributed by atoms with Crippen molar-refractivity contribution in [1.82, 2.24) is 9.88 Å². The molecule has 0 fully saturated rings. The second kappa shape index (κ2) is 9.59. The molecule has 1 heterocycles. The van der Waals surface area contributed by atoms with Gasteiger partial charge < -0.3 is 15.0 Å². The van der Waals surface area contributed by atoms with Crippen molar-refractivity contribution < 1.29 is 14.3 Å². The second-order valence-electron chi connectivity index (χ2n) is 5.73. The topological polar surface area (TPSA) is 71.5 Å². The van der Waals surface area contributed by atoms with Crippen molar-refractivity contribution >= 4 is 40.8 Å². The van der Waals surface area contributed by atoms with Crippen molar-refractivity contribution in [2.45, 2.75) is 38.3 Å². The number of rotatable bonds is 7. The molecule has 2 aromatic rings. The molecule has 1 aromatic heterocycles. The molecule has 0 spiro atoms. The molecule has 2 rings (SSSR count). The van der Waals surface area contributed by atoms with E-state index in [1.54, 1.807) is 29.0 Å². The number of ether oxygens (including phenoxy) is 1. The van der Waals surface area contributed by atoms with Gasteiger partial charge in [-0.05, 0) is 51.3 Å². The van der Waals surface area contributed by atoms with E-state index in [1.165, 1.54) is 11.3 Å². The number of anilines is 1. The van der Waals surface area contributed by atoms with Crippen molar-refractivity contribution in [2.75, 3.05) is 18.2 Å². The summed E-state index contributed by atoms with van der Waals surface area (Å²) < 4.78 is 4.95. The number of carbonyl (C=O) groups excluding carboxylic acids is 2. The van der Waals surface area contributed by atoms with Gasteiger partial charge >= 0.3 is 12.0 Å². The number of hydrogen-bond donors (Lipinski definition) is 1. The number of carbonyl (C=O) groups is 2. The third kappa shape index (κ3) is 5.47. The summed E-state index contributed by atoms with van der Waals surface area (Å²) in [6.45, 7) is 6.27. The van der Waals surface area contributed by atoms with Gasteiger partial charge in [0.05, 0.1) is 13.2 Å². The number of aromatic nitrogens is 1. The van der Waals surface area contributed by atoms with Crippen LogP contribution in [0.1, 0.15) is 36.3 Å². The van der Waals surface area contributed by atoms with Crippen LogP contribution in [0.4, 0.5) is 10.5 Å². The predicted octanol–water partition coefficient (Wildman–Crippen LogP) is 4.48. The van der Waals surface area contributed by atoms with Gasteiger partial charge in [-0.3, -0.25) is 0 Å². The Balaban J connectivity index is 2.05. The highest BCUT2D eigenvalue weighted by atomic mass is 32.2. The largest absolute Gasteiger partial charge is 0.461 e. The fraction of sp³-hybridized carbons (Fsp3) is 0.389. The molecule has 0 bridgehead atoms. The summed E-state index contributed by atoms with van der Waals surface area (Å²) in [6.07, 6.45) is 2.01. The first-order valence-corrected chi connectivity index (χ1v) is 10.4. The first kappa shape index (κ1) is 20.3. The molecule has 0 atom stereocenters. The molecular formula is C18H23N3O3S2. The highest BCUT2D eigenvalue weighted by Gasteiger charge is 2.20. The fourth-order valence-corrected chi connectivity index (χ4v) is 3.36. The lowest BCUT2D eigenvalue weighted by Gasteiger charge is -2.26. The predicted molar refractivity (Wildman–Crippen MR) is 106 cm³/mol. The minimum Gasteiger partial charge on any atom is -0.461 e. The van der Waals surface area contributed by atoms with E-state index in [9.17, 15) is 9.59 Å². The van der Waals surface area contributed by atoms with E-state index in [0.29, 0.717) is 18.2 Å². The zero-order chi connectivity index (χ0) is 19.1. The summed E-state index contributed by atoms with van der Waals surface area (Å²) in [5.74, 6) is -0.440. The summed E-state index contributed by atoms with van der Waals surface area (Å²) in [5, 5.41) is 5.25. The maximum absolute atomic E-state index is 12.7. The van der Waals surface area contributed by atoms with E-state index in [2.05, 4.69) is 10.3 Å². The zero-order valence-corrected chi connectivity index (χ0v) is 16.9. The molecule has 6 nitrogen and oxygen atoms in total. The molecule has 0 unspecified atom stereocenters. The maximum Gasteiger partial charge on any atom is 0.357 e.